The predicted octanol–water partition coefficient (Wildman–Crippen LogP) is 3.23. The van der Waals surface area contributed by atoms with E-state index >= 15 is 0 Å². The number of rotatable bonds is 1. The van der Waals surface area contributed by atoms with Gasteiger partial charge in [-0.1, -0.05) is 36.2 Å². The van der Waals surface area contributed by atoms with Crippen molar-refractivity contribution in [2.75, 3.05) is 6.54 Å². The zero-order valence-corrected chi connectivity index (χ0v) is 9.44. The maximum absolute atomic E-state index is 3.56. The second-order valence-electron chi connectivity index (χ2n) is 3.92. The standard InChI is InChI=1S/C12H17N.ClH/c1-10-5-4-6-11(9-10)12-7-2-3-8-13-12;/h4-6,9,12-13H,2-3,7-8H2,1H3;1H/t12-;/m1./s1. The fourth-order valence-electron chi connectivity index (χ4n) is 2.02. The van der Waals surface area contributed by atoms with Crippen LogP contribution < -0.4 is 5.32 Å². The molecule has 0 amide bonds. The molecule has 1 fully saturated rings. The van der Waals surface area contributed by atoms with Crippen molar-refractivity contribution in [1.82, 2.24) is 5.32 Å². The van der Waals surface area contributed by atoms with E-state index in [4.69, 9.17) is 0 Å². The molecule has 1 N–H and O–H groups in total. The summed E-state index contributed by atoms with van der Waals surface area (Å²) in [5.74, 6) is 0. The molecule has 1 saturated heterocycles. The van der Waals surface area contributed by atoms with Crippen LogP contribution in [0.4, 0.5) is 0 Å². The lowest BCUT2D eigenvalue weighted by atomic mass is 9.96. The van der Waals surface area contributed by atoms with E-state index < -0.39 is 0 Å². The molecule has 0 spiro atoms. The van der Waals surface area contributed by atoms with E-state index in [-0.39, 0.29) is 12.4 Å². The average Bonchev–Trinajstić information content (AvgIpc) is 2.19. The van der Waals surface area contributed by atoms with Crippen LogP contribution >= 0.6 is 12.4 Å². The maximum Gasteiger partial charge on any atom is 0.0320 e. The molecule has 2 rings (SSSR count). The van der Waals surface area contributed by atoms with Gasteiger partial charge < -0.3 is 5.32 Å². The molecule has 14 heavy (non-hydrogen) atoms. The van der Waals surface area contributed by atoms with Crippen molar-refractivity contribution in [3.8, 4) is 0 Å². The van der Waals surface area contributed by atoms with Crippen molar-refractivity contribution < 1.29 is 0 Å². The van der Waals surface area contributed by atoms with Crippen LogP contribution in [0.3, 0.4) is 0 Å². The lowest BCUT2D eigenvalue weighted by molar-refractivity contribution is 0.412. The van der Waals surface area contributed by atoms with Crippen LogP contribution in [0.1, 0.15) is 36.4 Å². The van der Waals surface area contributed by atoms with Crippen molar-refractivity contribution in [1.29, 1.82) is 0 Å². The summed E-state index contributed by atoms with van der Waals surface area (Å²) in [7, 11) is 0. The van der Waals surface area contributed by atoms with Crippen molar-refractivity contribution in [2.45, 2.75) is 32.2 Å². The first-order chi connectivity index (χ1) is 6.36. The third-order valence-electron chi connectivity index (χ3n) is 2.75. The van der Waals surface area contributed by atoms with E-state index in [2.05, 4.69) is 36.5 Å². The Balaban J connectivity index is 0.000000980. The van der Waals surface area contributed by atoms with Crippen molar-refractivity contribution in [3.63, 3.8) is 0 Å². The summed E-state index contributed by atoms with van der Waals surface area (Å²) >= 11 is 0. The molecule has 1 nitrogen and oxygen atoms in total. The smallest absolute Gasteiger partial charge is 0.0320 e. The molecule has 0 aromatic heterocycles. The Morgan fingerprint density at radius 3 is 2.79 bits per heavy atom. The number of hydrogen-bond donors (Lipinski definition) is 1. The van der Waals surface area contributed by atoms with E-state index in [1.54, 1.807) is 0 Å². The van der Waals surface area contributed by atoms with Crippen LogP contribution in [0.15, 0.2) is 24.3 Å². The summed E-state index contributed by atoms with van der Waals surface area (Å²) in [6.07, 6.45) is 4.00. The van der Waals surface area contributed by atoms with Gasteiger partial charge in [-0.15, -0.1) is 12.4 Å². The Labute approximate surface area is 92.3 Å². The highest BCUT2D eigenvalue weighted by atomic mass is 35.5. The van der Waals surface area contributed by atoms with E-state index in [9.17, 15) is 0 Å². The first-order valence-electron chi connectivity index (χ1n) is 5.16. The molecule has 78 valence electrons. The van der Waals surface area contributed by atoms with Crippen LogP contribution in [0.5, 0.6) is 0 Å². The molecule has 0 radical (unpaired) electrons. The number of hydrogen-bond acceptors (Lipinski definition) is 1. The zero-order valence-electron chi connectivity index (χ0n) is 8.62. The van der Waals surface area contributed by atoms with Crippen LogP contribution in [0.25, 0.3) is 0 Å². The normalized spacial score (nSPS) is 21.4. The number of benzene rings is 1. The van der Waals surface area contributed by atoms with Gasteiger partial charge in [0.15, 0.2) is 0 Å². The van der Waals surface area contributed by atoms with Crippen LogP contribution in [0, 0.1) is 6.92 Å². The summed E-state index contributed by atoms with van der Waals surface area (Å²) in [5.41, 5.74) is 2.82. The molecule has 1 aromatic rings. The average molecular weight is 212 g/mol. The molecule has 0 aliphatic carbocycles. The third-order valence-corrected chi connectivity index (χ3v) is 2.75. The summed E-state index contributed by atoms with van der Waals surface area (Å²) in [6, 6.07) is 9.44. The highest BCUT2D eigenvalue weighted by molar-refractivity contribution is 5.85. The molecule has 2 heteroatoms. The van der Waals surface area contributed by atoms with Gasteiger partial charge in [0.1, 0.15) is 0 Å². The fraction of sp³-hybridized carbons (Fsp3) is 0.500. The highest BCUT2D eigenvalue weighted by Gasteiger charge is 2.13. The highest BCUT2D eigenvalue weighted by Crippen LogP contribution is 2.23. The van der Waals surface area contributed by atoms with E-state index in [0.717, 1.165) is 0 Å². The van der Waals surface area contributed by atoms with E-state index in [0.29, 0.717) is 6.04 Å². The largest absolute Gasteiger partial charge is 0.310 e. The quantitative estimate of drug-likeness (QED) is 0.752. The Kier molecular flexibility index (Phi) is 4.43. The van der Waals surface area contributed by atoms with Crippen LogP contribution in [0.2, 0.25) is 0 Å². The van der Waals surface area contributed by atoms with Gasteiger partial charge in [-0.25, -0.2) is 0 Å². The Bertz CT molecular complexity index is 279. The second-order valence-corrected chi connectivity index (χ2v) is 3.92. The molecular formula is C12H18ClN. The first kappa shape index (κ1) is 11.5. The minimum Gasteiger partial charge on any atom is -0.310 e. The summed E-state index contributed by atoms with van der Waals surface area (Å²) < 4.78 is 0. The number of piperidine rings is 1. The number of halogens is 1. The predicted molar refractivity (Wildman–Crippen MR) is 63.0 cm³/mol. The molecule has 1 atom stereocenters. The summed E-state index contributed by atoms with van der Waals surface area (Å²) in [5, 5.41) is 3.56. The van der Waals surface area contributed by atoms with Crippen LogP contribution in [-0.2, 0) is 0 Å². The minimum atomic E-state index is 0. The van der Waals surface area contributed by atoms with Gasteiger partial charge >= 0.3 is 0 Å². The van der Waals surface area contributed by atoms with E-state index in [1.807, 2.05) is 0 Å². The van der Waals surface area contributed by atoms with E-state index in [1.165, 1.54) is 36.9 Å². The van der Waals surface area contributed by atoms with Gasteiger partial charge in [0.2, 0.25) is 0 Å². The van der Waals surface area contributed by atoms with Gasteiger partial charge in [-0.05, 0) is 31.9 Å². The fourth-order valence-corrected chi connectivity index (χ4v) is 2.02. The second kappa shape index (κ2) is 5.38. The third kappa shape index (κ3) is 2.73. The molecule has 1 aromatic carbocycles. The first-order valence-corrected chi connectivity index (χ1v) is 5.16. The van der Waals surface area contributed by atoms with Gasteiger partial charge in [0.05, 0.1) is 0 Å². The topological polar surface area (TPSA) is 12.0 Å². The summed E-state index contributed by atoms with van der Waals surface area (Å²) in [4.78, 5) is 0. The monoisotopic (exact) mass is 211 g/mol. The lowest BCUT2D eigenvalue weighted by Gasteiger charge is -2.24. The van der Waals surface area contributed by atoms with Gasteiger partial charge in [0.25, 0.3) is 0 Å². The minimum absolute atomic E-state index is 0. The zero-order chi connectivity index (χ0) is 9.10. The maximum atomic E-state index is 3.56. The molecule has 0 saturated carbocycles. The Morgan fingerprint density at radius 2 is 2.14 bits per heavy atom. The molecule has 1 aliphatic heterocycles. The SMILES string of the molecule is Cc1cccc([C@H]2CCCCN2)c1.Cl. The Hall–Kier alpha value is -0.530. The molecule has 1 heterocycles. The number of aryl methyl sites for hydroxylation is 1. The molecular weight excluding hydrogens is 194 g/mol. The lowest BCUT2D eigenvalue weighted by Crippen LogP contribution is -2.26. The molecule has 1 aliphatic rings. The van der Waals surface area contributed by atoms with Crippen molar-refractivity contribution >= 4 is 12.4 Å². The van der Waals surface area contributed by atoms with Crippen LogP contribution in [-0.4, -0.2) is 6.54 Å². The van der Waals surface area contributed by atoms with Crippen molar-refractivity contribution in [2.24, 2.45) is 0 Å². The van der Waals surface area contributed by atoms with Gasteiger partial charge in [0, 0.05) is 6.04 Å². The summed E-state index contributed by atoms with van der Waals surface area (Å²) in [6.45, 7) is 3.34. The number of nitrogens with one attached hydrogen (secondary N) is 1. The van der Waals surface area contributed by atoms with Gasteiger partial charge in [-0.3, -0.25) is 0 Å². The molecule has 0 bridgehead atoms. The van der Waals surface area contributed by atoms with Gasteiger partial charge in [-0.2, -0.15) is 0 Å². The van der Waals surface area contributed by atoms with Crippen molar-refractivity contribution in [3.05, 3.63) is 35.4 Å². The Morgan fingerprint density at radius 1 is 1.29 bits per heavy atom. The molecule has 0 unspecified atom stereocenters.